The van der Waals surface area contributed by atoms with E-state index < -0.39 is 15.8 Å². The van der Waals surface area contributed by atoms with Crippen molar-refractivity contribution >= 4 is 27.7 Å². The lowest BCUT2D eigenvalue weighted by Gasteiger charge is -2.34. The van der Waals surface area contributed by atoms with Crippen molar-refractivity contribution in [1.82, 2.24) is 9.62 Å². The highest BCUT2D eigenvalue weighted by Gasteiger charge is 2.29. The largest absolute Gasteiger partial charge is 0.341 e. The molecule has 1 fully saturated rings. The molecule has 1 saturated heterocycles. The van der Waals surface area contributed by atoms with Crippen LogP contribution in [0, 0.1) is 11.7 Å². The van der Waals surface area contributed by atoms with E-state index >= 15 is 0 Å². The van der Waals surface area contributed by atoms with E-state index in [1.807, 2.05) is 37.3 Å². The molecule has 2 atom stereocenters. The molecule has 2 aromatic carbocycles. The van der Waals surface area contributed by atoms with E-state index in [0.717, 1.165) is 17.4 Å². The molecule has 0 spiro atoms. The zero-order chi connectivity index (χ0) is 20.9. The maximum atomic E-state index is 13.4. The van der Waals surface area contributed by atoms with Gasteiger partial charge in [-0.05, 0) is 43.2 Å². The van der Waals surface area contributed by atoms with Gasteiger partial charge in [0.25, 0.3) is 0 Å². The third-order valence-corrected chi connectivity index (χ3v) is 7.62. The number of hydrogen-bond acceptors (Lipinski definition) is 4. The average molecular weight is 437 g/mol. The first kappa shape index (κ1) is 21.8. The number of carbonyl (C=O) groups is 1. The number of hydrogen-bond donors (Lipinski definition) is 1. The number of nitrogens with zero attached hydrogens (tertiary/aromatic N) is 1. The Labute approximate surface area is 175 Å². The van der Waals surface area contributed by atoms with Crippen molar-refractivity contribution in [1.29, 1.82) is 0 Å². The first-order chi connectivity index (χ1) is 13.8. The summed E-state index contributed by atoms with van der Waals surface area (Å²) in [5.74, 6) is -0.0705. The number of thioether (sulfide) groups is 1. The molecule has 5 nitrogen and oxygen atoms in total. The summed E-state index contributed by atoms with van der Waals surface area (Å²) in [5.41, 5.74) is 0. The van der Waals surface area contributed by atoms with Gasteiger partial charge in [0.05, 0.1) is 4.90 Å². The fourth-order valence-corrected chi connectivity index (χ4v) is 5.54. The second-order valence-corrected chi connectivity index (χ2v) is 10.0. The normalized spacial score (nSPS) is 18.4. The molecule has 1 N–H and O–H groups in total. The van der Waals surface area contributed by atoms with Crippen LogP contribution in [0.3, 0.4) is 0 Å². The van der Waals surface area contributed by atoms with E-state index in [9.17, 15) is 17.6 Å². The summed E-state index contributed by atoms with van der Waals surface area (Å²) in [6.07, 6.45) is 1.37. The standard InChI is InChI=1S/C21H25FN2O3S2/c1-16(15-28-19-9-3-2-4-10-19)21(25)24-12-6-8-18(14-24)23-29(26,27)20-11-5-7-17(22)13-20/h2-5,7,9-11,13,16,18,23H,6,8,12,14-15H2,1H3. The van der Waals surface area contributed by atoms with Crippen LogP contribution in [0.2, 0.25) is 0 Å². The highest BCUT2D eigenvalue weighted by atomic mass is 32.2. The fraction of sp³-hybridized carbons (Fsp3) is 0.381. The van der Waals surface area contributed by atoms with Gasteiger partial charge in [0.1, 0.15) is 5.82 Å². The minimum absolute atomic E-state index is 0.0306. The lowest BCUT2D eigenvalue weighted by molar-refractivity contribution is -0.135. The van der Waals surface area contributed by atoms with Crippen LogP contribution in [-0.4, -0.2) is 44.1 Å². The van der Waals surface area contributed by atoms with Crippen LogP contribution >= 0.6 is 11.8 Å². The summed E-state index contributed by atoms with van der Waals surface area (Å²) < 4.78 is 41.1. The van der Waals surface area contributed by atoms with E-state index in [-0.39, 0.29) is 22.8 Å². The predicted molar refractivity (Wildman–Crippen MR) is 113 cm³/mol. The maximum absolute atomic E-state index is 13.4. The Morgan fingerprint density at radius 3 is 2.72 bits per heavy atom. The van der Waals surface area contributed by atoms with Crippen LogP contribution < -0.4 is 4.72 Å². The number of nitrogens with one attached hydrogen (secondary N) is 1. The molecule has 1 heterocycles. The van der Waals surface area contributed by atoms with Crippen LogP contribution in [-0.2, 0) is 14.8 Å². The van der Waals surface area contributed by atoms with Crippen molar-refractivity contribution in [2.45, 2.75) is 35.6 Å². The number of sulfonamides is 1. The fourth-order valence-electron chi connectivity index (χ4n) is 3.32. The van der Waals surface area contributed by atoms with Crippen LogP contribution in [0.25, 0.3) is 0 Å². The van der Waals surface area contributed by atoms with Crippen molar-refractivity contribution in [2.75, 3.05) is 18.8 Å². The average Bonchev–Trinajstić information content (AvgIpc) is 2.72. The van der Waals surface area contributed by atoms with Crippen LogP contribution in [0.5, 0.6) is 0 Å². The Morgan fingerprint density at radius 1 is 1.24 bits per heavy atom. The molecule has 0 radical (unpaired) electrons. The smallest absolute Gasteiger partial charge is 0.240 e. The molecule has 2 unspecified atom stereocenters. The summed E-state index contributed by atoms with van der Waals surface area (Å²) in [5, 5.41) is 0. The highest BCUT2D eigenvalue weighted by Crippen LogP contribution is 2.23. The molecular weight excluding hydrogens is 411 g/mol. The lowest BCUT2D eigenvalue weighted by Crippen LogP contribution is -2.50. The van der Waals surface area contributed by atoms with Crippen molar-refractivity contribution in [3.05, 3.63) is 60.4 Å². The molecule has 1 amide bonds. The Hall–Kier alpha value is -1.90. The number of piperidine rings is 1. The number of rotatable bonds is 7. The third kappa shape index (κ3) is 6.04. The summed E-state index contributed by atoms with van der Waals surface area (Å²) in [7, 11) is -3.83. The van der Waals surface area contributed by atoms with E-state index in [1.165, 1.54) is 18.2 Å². The molecule has 2 aromatic rings. The molecule has 3 rings (SSSR count). The van der Waals surface area contributed by atoms with Gasteiger partial charge in [0.15, 0.2) is 0 Å². The number of carbonyl (C=O) groups excluding carboxylic acids is 1. The van der Waals surface area contributed by atoms with Crippen molar-refractivity contribution in [3.8, 4) is 0 Å². The quantitative estimate of drug-likeness (QED) is 0.675. The topological polar surface area (TPSA) is 66.5 Å². The molecule has 156 valence electrons. The Morgan fingerprint density at radius 2 is 2.00 bits per heavy atom. The molecule has 0 bridgehead atoms. The van der Waals surface area contributed by atoms with Gasteiger partial charge in [-0.15, -0.1) is 11.8 Å². The van der Waals surface area contributed by atoms with E-state index in [1.54, 1.807) is 16.7 Å². The van der Waals surface area contributed by atoms with Gasteiger partial charge in [-0.1, -0.05) is 31.2 Å². The molecule has 0 aromatic heterocycles. The summed E-state index contributed by atoms with van der Waals surface area (Å²) in [4.78, 5) is 15.6. The van der Waals surface area contributed by atoms with Crippen molar-refractivity contribution in [2.24, 2.45) is 5.92 Å². The molecule has 1 aliphatic heterocycles. The SMILES string of the molecule is CC(CSc1ccccc1)C(=O)N1CCCC(NS(=O)(=O)c2cccc(F)c2)C1. The van der Waals surface area contributed by atoms with Crippen molar-refractivity contribution in [3.63, 3.8) is 0 Å². The predicted octanol–water partition coefficient (Wildman–Crippen LogP) is 3.52. The van der Waals surface area contributed by atoms with Gasteiger partial charge < -0.3 is 4.90 Å². The third-order valence-electron chi connectivity index (χ3n) is 4.83. The van der Waals surface area contributed by atoms with Crippen LogP contribution in [0.15, 0.2) is 64.4 Å². The van der Waals surface area contributed by atoms with E-state index in [0.29, 0.717) is 25.3 Å². The van der Waals surface area contributed by atoms with Gasteiger partial charge in [0.2, 0.25) is 15.9 Å². The van der Waals surface area contributed by atoms with E-state index in [4.69, 9.17) is 0 Å². The zero-order valence-corrected chi connectivity index (χ0v) is 17.9. The van der Waals surface area contributed by atoms with Gasteiger partial charge in [-0.25, -0.2) is 17.5 Å². The minimum atomic E-state index is -3.83. The van der Waals surface area contributed by atoms with Gasteiger partial charge in [-0.3, -0.25) is 4.79 Å². The maximum Gasteiger partial charge on any atom is 0.240 e. The molecule has 29 heavy (non-hydrogen) atoms. The van der Waals surface area contributed by atoms with Crippen LogP contribution in [0.1, 0.15) is 19.8 Å². The van der Waals surface area contributed by atoms with Crippen LogP contribution in [0.4, 0.5) is 4.39 Å². The first-order valence-electron chi connectivity index (χ1n) is 9.60. The Balaban J connectivity index is 1.57. The molecule has 1 aliphatic rings. The molecule has 0 aliphatic carbocycles. The zero-order valence-electron chi connectivity index (χ0n) is 16.3. The minimum Gasteiger partial charge on any atom is -0.341 e. The number of halogens is 1. The van der Waals surface area contributed by atoms with Crippen molar-refractivity contribution < 1.29 is 17.6 Å². The van der Waals surface area contributed by atoms with E-state index in [2.05, 4.69) is 4.72 Å². The monoisotopic (exact) mass is 436 g/mol. The lowest BCUT2D eigenvalue weighted by atomic mass is 10.0. The second-order valence-electron chi connectivity index (χ2n) is 7.23. The number of amides is 1. The summed E-state index contributed by atoms with van der Waals surface area (Å²) >= 11 is 1.64. The van der Waals surface area contributed by atoms with Gasteiger partial charge in [0, 0.05) is 35.7 Å². The number of likely N-dealkylation sites (tertiary alicyclic amines) is 1. The Kier molecular flexibility index (Phi) is 7.32. The van der Waals surface area contributed by atoms with Gasteiger partial charge >= 0.3 is 0 Å². The van der Waals surface area contributed by atoms with Gasteiger partial charge in [-0.2, -0.15) is 0 Å². The highest BCUT2D eigenvalue weighted by molar-refractivity contribution is 7.99. The molecular formula is C21H25FN2O3S2. The number of benzene rings is 2. The summed E-state index contributed by atoms with van der Waals surface area (Å²) in [6, 6.07) is 14.5. The first-order valence-corrected chi connectivity index (χ1v) is 12.1. The Bertz CT molecular complexity index is 938. The summed E-state index contributed by atoms with van der Waals surface area (Å²) in [6.45, 7) is 2.85. The molecule has 8 heteroatoms. The molecule has 0 saturated carbocycles. The second kappa shape index (κ2) is 9.73.